The molecule has 0 aliphatic carbocycles. The van der Waals surface area contributed by atoms with Crippen LogP contribution in [0.5, 0.6) is 0 Å². The van der Waals surface area contributed by atoms with Crippen LogP contribution in [0.2, 0.25) is 0 Å². The van der Waals surface area contributed by atoms with Crippen LogP contribution in [0.25, 0.3) is 0 Å². The van der Waals surface area contributed by atoms with Gasteiger partial charge in [-0.1, -0.05) is 17.7 Å². The summed E-state index contributed by atoms with van der Waals surface area (Å²) in [7, 11) is 0. The molecular formula is C17H28N2O. The standard InChI is InChI=1S/C17H28N2O/c1-13-10-14(2)16(15(3)11-13)17(4,20)12-19-8-5-6-18-7-9-19/h10-11,18,20H,5-9,12H2,1-4H3. The van der Waals surface area contributed by atoms with Crippen LogP contribution >= 0.6 is 0 Å². The number of nitrogens with zero attached hydrogens (tertiary/aromatic N) is 1. The van der Waals surface area contributed by atoms with Crippen LogP contribution in [-0.2, 0) is 5.60 Å². The maximum atomic E-state index is 11.0. The summed E-state index contributed by atoms with van der Waals surface area (Å²) in [5, 5.41) is 14.4. The van der Waals surface area contributed by atoms with Crippen LogP contribution in [0.3, 0.4) is 0 Å². The minimum absolute atomic E-state index is 0.708. The van der Waals surface area contributed by atoms with E-state index in [1.54, 1.807) is 0 Å². The Balaban J connectivity index is 2.21. The molecule has 3 heteroatoms. The van der Waals surface area contributed by atoms with Crippen LogP contribution in [0.1, 0.15) is 35.6 Å². The van der Waals surface area contributed by atoms with E-state index in [2.05, 4.69) is 43.1 Å². The van der Waals surface area contributed by atoms with Crippen molar-refractivity contribution in [3.8, 4) is 0 Å². The first-order valence-corrected chi connectivity index (χ1v) is 7.64. The first-order chi connectivity index (χ1) is 9.40. The topological polar surface area (TPSA) is 35.5 Å². The molecule has 20 heavy (non-hydrogen) atoms. The lowest BCUT2D eigenvalue weighted by Gasteiger charge is -2.33. The number of benzene rings is 1. The highest BCUT2D eigenvalue weighted by Crippen LogP contribution is 2.29. The number of aliphatic hydroxyl groups is 1. The van der Waals surface area contributed by atoms with Gasteiger partial charge in [-0.2, -0.15) is 0 Å². The summed E-state index contributed by atoms with van der Waals surface area (Å²) < 4.78 is 0. The van der Waals surface area contributed by atoms with Gasteiger partial charge in [0, 0.05) is 19.6 Å². The first kappa shape index (κ1) is 15.5. The van der Waals surface area contributed by atoms with Gasteiger partial charge in [-0.05, 0) is 63.9 Å². The zero-order valence-electron chi connectivity index (χ0n) is 13.3. The van der Waals surface area contributed by atoms with Gasteiger partial charge in [-0.15, -0.1) is 0 Å². The van der Waals surface area contributed by atoms with E-state index in [4.69, 9.17) is 0 Å². The average Bonchev–Trinajstić information content (AvgIpc) is 2.54. The van der Waals surface area contributed by atoms with Gasteiger partial charge in [0.15, 0.2) is 0 Å². The smallest absolute Gasteiger partial charge is 0.0999 e. The Hall–Kier alpha value is -0.900. The summed E-state index contributed by atoms with van der Waals surface area (Å²) in [5.74, 6) is 0. The third kappa shape index (κ3) is 3.60. The third-order valence-electron chi connectivity index (χ3n) is 4.18. The number of hydrogen-bond donors (Lipinski definition) is 2. The second kappa shape index (κ2) is 6.25. The fraction of sp³-hybridized carbons (Fsp3) is 0.647. The fourth-order valence-corrected chi connectivity index (χ4v) is 3.60. The van der Waals surface area contributed by atoms with Crippen molar-refractivity contribution in [3.63, 3.8) is 0 Å². The molecule has 0 bridgehead atoms. The predicted molar refractivity (Wildman–Crippen MR) is 84.2 cm³/mol. The molecule has 1 unspecified atom stereocenters. The molecule has 0 aromatic heterocycles. The molecule has 1 aromatic rings. The Morgan fingerprint density at radius 3 is 2.45 bits per heavy atom. The predicted octanol–water partition coefficient (Wildman–Crippen LogP) is 2.11. The lowest BCUT2D eigenvalue weighted by atomic mass is 9.86. The third-order valence-corrected chi connectivity index (χ3v) is 4.18. The first-order valence-electron chi connectivity index (χ1n) is 7.64. The molecule has 0 spiro atoms. The van der Waals surface area contributed by atoms with Gasteiger partial charge in [0.05, 0.1) is 5.60 Å². The summed E-state index contributed by atoms with van der Waals surface area (Å²) in [5.41, 5.74) is 3.96. The number of aryl methyl sites for hydroxylation is 3. The van der Waals surface area contributed by atoms with Crippen molar-refractivity contribution in [2.75, 3.05) is 32.7 Å². The van der Waals surface area contributed by atoms with Crippen molar-refractivity contribution in [2.24, 2.45) is 0 Å². The normalized spacial score (nSPS) is 20.4. The molecule has 1 aliphatic heterocycles. The van der Waals surface area contributed by atoms with Crippen molar-refractivity contribution in [1.82, 2.24) is 10.2 Å². The van der Waals surface area contributed by atoms with Crippen LogP contribution in [0.15, 0.2) is 12.1 Å². The van der Waals surface area contributed by atoms with E-state index in [-0.39, 0.29) is 0 Å². The maximum absolute atomic E-state index is 11.0. The molecule has 1 aliphatic rings. The molecule has 0 radical (unpaired) electrons. The second-order valence-electron chi connectivity index (χ2n) is 6.43. The Morgan fingerprint density at radius 1 is 1.15 bits per heavy atom. The molecule has 1 saturated heterocycles. The molecule has 112 valence electrons. The SMILES string of the molecule is Cc1cc(C)c(C(C)(O)CN2CCCNCC2)c(C)c1. The fourth-order valence-electron chi connectivity index (χ4n) is 3.60. The minimum Gasteiger partial charge on any atom is -0.384 e. The average molecular weight is 276 g/mol. The quantitative estimate of drug-likeness (QED) is 0.887. The zero-order chi connectivity index (χ0) is 14.8. The molecule has 1 fully saturated rings. The van der Waals surface area contributed by atoms with E-state index in [0.29, 0.717) is 6.54 Å². The van der Waals surface area contributed by atoms with Crippen molar-refractivity contribution in [3.05, 3.63) is 34.4 Å². The highest BCUT2D eigenvalue weighted by Gasteiger charge is 2.29. The molecule has 0 amide bonds. The van der Waals surface area contributed by atoms with Crippen LogP contribution in [0, 0.1) is 20.8 Å². The molecule has 2 N–H and O–H groups in total. The molecule has 0 saturated carbocycles. The minimum atomic E-state index is -0.786. The van der Waals surface area contributed by atoms with Gasteiger partial charge in [-0.3, -0.25) is 4.90 Å². The van der Waals surface area contributed by atoms with Crippen molar-refractivity contribution in [2.45, 2.75) is 39.7 Å². The highest BCUT2D eigenvalue weighted by atomic mass is 16.3. The maximum Gasteiger partial charge on any atom is 0.0999 e. The van der Waals surface area contributed by atoms with Crippen molar-refractivity contribution in [1.29, 1.82) is 0 Å². The van der Waals surface area contributed by atoms with Gasteiger partial charge < -0.3 is 10.4 Å². The summed E-state index contributed by atoms with van der Waals surface area (Å²) in [6.45, 7) is 13.2. The molecule has 1 aromatic carbocycles. The van der Waals surface area contributed by atoms with E-state index in [1.165, 1.54) is 16.7 Å². The summed E-state index contributed by atoms with van der Waals surface area (Å²) in [6, 6.07) is 4.33. The largest absolute Gasteiger partial charge is 0.384 e. The van der Waals surface area contributed by atoms with Gasteiger partial charge in [0.1, 0.15) is 0 Å². The van der Waals surface area contributed by atoms with Gasteiger partial charge in [0.25, 0.3) is 0 Å². The van der Waals surface area contributed by atoms with Gasteiger partial charge >= 0.3 is 0 Å². The monoisotopic (exact) mass is 276 g/mol. The van der Waals surface area contributed by atoms with E-state index >= 15 is 0 Å². The van der Waals surface area contributed by atoms with Gasteiger partial charge in [-0.25, -0.2) is 0 Å². The van der Waals surface area contributed by atoms with Gasteiger partial charge in [0.2, 0.25) is 0 Å². The lowest BCUT2D eigenvalue weighted by molar-refractivity contribution is 0.0167. The summed E-state index contributed by atoms with van der Waals surface area (Å²) in [6.07, 6.45) is 1.15. The van der Waals surface area contributed by atoms with E-state index in [1.807, 2.05) is 6.92 Å². The van der Waals surface area contributed by atoms with Crippen LogP contribution in [0.4, 0.5) is 0 Å². The number of nitrogens with one attached hydrogen (secondary N) is 1. The van der Waals surface area contributed by atoms with Crippen molar-refractivity contribution < 1.29 is 5.11 Å². The Labute approximate surface area is 123 Å². The Morgan fingerprint density at radius 2 is 1.80 bits per heavy atom. The number of rotatable bonds is 3. The number of hydrogen-bond acceptors (Lipinski definition) is 3. The zero-order valence-corrected chi connectivity index (χ0v) is 13.3. The Bertz CT molecular complexity index is 437. The van der Waals surface area contributed by atoms with Crippen LogP contribution in [-0.4, -0.2) is 42.7 Å². The van der Waals surface area contributed by atoms with E-state index in [0.717, 1.165) is 38.2 Å². The van der Waals surface area contributed by atoms with Crippen molar-refractivity contribution >= 4 is 0 Å². The summed E-state index contributed by atoms with van der Waals surface area (Å²) >= 11 is 0. The molecule has 1 heterocycles. The summed E-state index contributed by atoms with van der Waals surface area (Å²) in [4.78, 5) is 2.37. The lowest BCUT2D eigenvalue weighted by Crippen LogP contribution is -2.41. The highest BCUT2D eigenvalue weighted by molar-refractivity contribution is 5.41. The molecule has 1 atom stereocenters. The van der Waals surface area contributed by atoms with E-state index < -0.39 is 5.60 Å². The van der Waals surface area contributed by atoms with E-state index in [9.17, 15) is 5.11 Å². The molecular weight excluding hydrogens is 248 g/mol. The molecule has 3 nitrogen and oxygen atoms in total. The van der Waals surface area contributed by atoms with Crippen LogP contribution < -0.4 is 5.32 Å². The number of β-amino-alcohol motifs (C(OH)–C–C–N with tert-alkyl or cyclic N) is 1. The second-order valence-corrected chi connectivity index (χ2v) is 6.43. The Kier molecular flexibility index (Phi) is 4.84. The molecule has 2 rings (SSSR count).